The van der Waals surface area contributed by atoms with E-state index in [0.29, 0.717) is 24.3 Å². The predicted molar refractivity (Wildman–Crippen MR) is 118 cm³/mol. The molecule has 1 aliphatic rings. The number of imide groups is 1. The monoisotopic (exact) mass is 408 g/mol. The number of rotatable bonds is 13. The number of hydroxylamine groups is 2. The lowest BCUT2D eigenvalue weighted by Gasteiger charge is -2.21. The molecule has 0 unspecified atom stereocenters. The molecule has 0 radical (unpaired) electrons. The highest BCUT2D eigenvalue weighted by Gasteiger charge is 2.34. The highest BCUT2D eigenvalue weighted by molar-refractivity contribution is 6.21. The summed E-state index contributed by atoms with van der Waals surface area (Å²) in [6.45, 7) is 4.96. The van der Waals surface area contributed by atoms with Crippen molar-refractivity contribution in [2.24, 2.45) is 0 Å². The third kappa shape index (κ3) is 6.00. The smallest absolute Gasteiger partial charge is 0.261 e. The first-order chi connectivity index (χ1) is 14.7. The standard InChI is InChI=1S/C25H32N2O3/c1-2-30-26(20-21-14-8-7-9-15-21)18-12-5-3-4-6-13-19-27-24(28)22-16-10-11-17-23(22)25(27)29/h7-11,14-17H,2-6,12-13,18-20H2,1H3. The van der Waals surface area contributed by atoms with E-state index in [2.05, 4.69) is 29.3 Å². The fraction of sp³-hybridized carbons (Fsp3) is 0.440. The van der Waals surface area contributed by atoms with Crippen molar-refractivity contribution in [2.45, 2.75) is 52.0 Å². The van der Waals surface area contributed by atoms with Gasteiger partial charge in [-0.05, 0) is 37.5 Å². The molecule has 0 saturated carbocycles. The highest BCUT2D eigenvalue weighted by atomic mass is 16.7. The number of unbranched alkanes of at least 4 members (excludes halogenated alkanes) is 5. The molecule has 160 valence electrons. The van der Waals surface area contributed by atoms with Gasteiger partial charge in [0.2, 0.25) is 0 Å². The van der Waals surface area contributed by atoms with Gasteiger partial charge in [-0.15, -0.1) is 0 Å². The van der Waals surface area contributed by atoms with Crippen molar-refractivity contribution in [1.82, 2.24) is 9.96 Å². The Morgan fingerprint density at radius 1 is 0.767 bits per heavy atom. The molecule has 5 heteroatoms. The molecule has 0 spiro atoms. The quantitative estimate of drug-likeness (QED) is 0.264. The van der Waals surface area contributed by atoms with Gasteiger partial charge in [-0.25, -0.2) is 0 Å². The fourth-order valence-electron chi connectivity index (χ4n) is 3.87. The van der Waals surface area contributed by atoms with Crippen LogP contribution >= 0.6 is 0 Å². The van der Waals surface area contributed by atoms with Gasteiger partial charge >= 0.3 is 0 Å². The second-order valence-corrected chi connectivity index (χ2v) is 7.70. The van der Waals surface area contributed by atoms with E-state index in [1.54, 1.807) is 24.3 Å². The van der Waals surface area contributed by atoms with Gasteiger partial charge in [0.1, 0.15) is 0 Å². The summed E-state index contributed by atoms with van der Waals surface area (Å²) in [6.07, 6.45) is 6.44. The lowest BCUT2D eigenvalue weighted by molar-refractivity contribution is -0.162. The molecule has 0 aliphatic carbocycles. The van der Waals surface area contributed by atoms with E-state index in [9.17, 15) is 9.59 Å². The maximum Gasteiger partial charge on any atom is 0.261 e. The maximum absolute atomic E-state index is 12.3. The van der Waals surface area contributed by atoms with Crippen molar-refractivity contribution < 1.29 is 14.4 Å². The van der Waals surface area contributed by atoms with Crippen molar-refractivity contribution in [3.8, 4) is 0 Å². The summed E-state index contributed by atoms with van der Waals surface area (Å²) in [5.74, 6) is -0.296. The van der Waals surface area contributed by atoms with Crippen LogP contribution in [0, 0.1) is 0 Å². The van der Waals surface area contributed by atoms with Crippen molar-refractivity contribution in [2.75, 3.05) is 19.7 Å². The normalized spacial score (nSPS) is 13.3. The zero-order chi connectivity index (χ0) is 21.2. The summed E-state index contributed by atoms with van der Waals surface area (Å²) in [4.78, 5) is 31.9. The Morgan fingerprint density at radius 3 is 1.97 bits per heavy atom. The number of fused-ring (bicyclic) bond motifs is 1. The van der Waals surface area contributed by atoms with Crippen molar-refractivity contribution in [1.29, 1.82) is 0 Å². The number of carbonyl (C=O) groups is 2. The van der Waals surface area contributed by atoms with Gasteiger partial charge in [-0.3, -0.25) is 19.3 Å². The van der Waals surface area contributed by atoms with E-state index < -0.39 is 0 Å². The summed E-state index contributed by atoms with van der Waals surface area (Å²) < 4.78 is 0. The van der Waals surface area contributed by atoms with Gasteiger partial charge in [-0.1, -0.05) is 68.1 Å². The van der Waals surface area contributed by atoms with Crippen LogP contribution in [0.5, 0.6) is 0 Å². The van der Waals surface area contributed by atoms with Crippen LogP contribution in [0.4, 0.5) is 0 Å². The van der Waals surface area contributed by atoms with Crippen LogP contribution in [0.1, 0.15) is 71.7 Å². The number of benzene rings is 2. The van der Waals surface area contributed by atoms with E-state index in [0.717, 1.165) is 51.6 Å². The molecule has 0 aromatic heterocycles. The van der Waals surface area contributed by atoms with Gasteiger partial charge in [-0.2, -0.15) is 5.06 Å². The van der Waals surface area contributed by atoms with Gasteiger partial charge in [0.25, 0.3) is 11.8 Å². The molecular weight excluding hydrogens is 376 g/mol. The molecule has 2 aromatic carbocycles. The zero-order valence-electron chi connectivity index (χ0n) is 17.9. The molecule has 0 bridgehead atoms. The van der Waals surface area contributed by atoms with E-state index in [1.165, 1.54) is 10.5 Å². The van der Waals surface area contributed by atoms with E-state index in [-0.39, 0.29) is 11.8 Å². The molecule has 0 N–H and O–H groups in total. The Balaban J connectivity index is 1.28. The summed E-state index contributed by atoms with van der Waals surface area (Å²) in [5.41, 5.74) is 2.34. The molecular formula is C25H32N2O3. The Hall–Kier alpha value is -2.50. The average Bonchev–Trinajstić information content (AvgIpc) is 3.01. The van der Waals surface area contributed by atoms with Gasteiger partial charge in [0, 0.05) is 19.6 Å². The Bertz CT molecular complexity index is 787. The first kappa shape index (κ1) is 22.2. The highest BCUT2D eigenvalue weighted by Crippen LogP contribution is 2.23. The molecule has 2 amide bonds. The molecule has 30 heavy (non-hydrogen) atoms. The molecule has 5 nitrogen and oxygen atoms in total. The Labute approximate surface area is 179 Å². The Kier molecular flexibility index (Phi) is 8.60. The number of amides is 2. The minimum Gasteiger partial charge on any atom is -0.299 e. The first-order valence-corrected chi connectivity index (χ1v) is 11.1. The number of hydrogen-bond donors (Lipinski definition) is 0. The maximum atomic E-state index is 12.3. The summed E-state index contributed by atoms with van der Waals surface area (Å²) in [5, 5.41) is 2.05. The van der Waals surface area contributed by atoms with E-state index in [4.69, 9.17) is 4.84 Å². The molecule has 0 saturated heterocycles. The van der Waals surface area contributed by atoms with Crippen LogP contribution in [0.3, 0.4) is 0 Å². The molecule has 1 heterocycles. The lowest BCUT2D eigenvalue weighted by Crippen LogP contribution is -2.30. The van der Waals surface area contributed by atoms with E-state index >= 15 is 0 Å². The lowest BCUT2D eigenvalue weighted by atomic mass is 10.1. The third-order valence-corrected chi connectivity index (χ3v) is 5.43. The minimum atomic E-state index is -0.148. The zero-order valence-corrected chi connectivity index (χ0v) is 17.9. The first-order valence-electron chi connectivity index (χ1n) is 11.1. The van der Waals surface area contributed by atoms with Crippen LogP contribution in [0.25, 0.3) is 0 Å². The van der Waals surface area contributed by atoms with Crippen LogP contribution < -0.4 is 0 Å². The van der Waals surface area contributed by atoms with Crippen LogP contribution in [0.15, 0.2) is 54.6 Å². The van der Waals surface area contributed by atoms with Gasteiger partial charge < -0.3 is 0 Å². The molecule has 3 rings (SSSR count). The van der Waals surface area contributed by atoms with E-state index in [1.807, 2.05) is 13.0 Å². The van der Waals surface area contributed by atoms with Crippen LogP contribution in [-0.2, 0) is 11.4 Å². The summed E-state index contributed by atoms with van der Waals surface area (Å²) in [7, 11) is 0. The molecule has 0 fully saturated rings. The van der Waals surface area contributed by atoms with Crippen LogP contribution in [-0.4, -0.2) is 41.5 Å². The molecule has 2 aromatic rings. The topological polar surface area (TPSA) is 49.9 Å². The second kappa shape index (κ2) is 11.6. The Morgan fingerprint density at radius 2 is 1.33 bits per heavy atom. The predicted octanol–water partition coefficient (Wildman–Crippen LogP) is 5.08. The molecule has 1 aliphatic heterocycles. The van der Waals surface area contributed by atoms with Crippen molar-refractivity contribution in [3.05, 3.63) is 71.3 Å². The largest absolute Gasteiger partial charge is 0.299 e. The van der Waals surface area contributed by atoms with Crippen molar-refractivity contribution in [3.63, 3.8) is 0 Å². The molecule has 0 atom stereocenters. The fourth-order valence-corrected chi connectivity index (χ4v) is 3.87. The minimum absolute atomic E-state index is 0.148. The third-order valence-electron chi connectivity index (χ3n) is 5.43. The summed E-state index contributed by atoms with van der Waals surface area (Å²) in [6, 6.07) is 17.5. The average molecular weight is 409 g/mol. The SMILES string of the molecule is CCON(CCCCCCCCN1C(=O)c2ccccc2C1=O)Cc1ccccc1. The second-order valence-electron chi connectivity index (χ2n) is 7.70. The number of hydrogen-bond acceptors (Lipinski definition) is 4. The number of nitrogens with zero attached hydrogens (tertiary/aromatic N) is 2. The van der Waals surface area contributed by atoms with Gasteiger partial charge in [0.15, 0.2) is 0 Å². The van der Waals surface area contributed by atoms with Gasteiger partial charge in [0.05, 0.1) is 17.7 Å². The van der Waals surface area contributed by atoms with Crippen LogP contribution in [0.2, 0.25) is 0 Å². The van der Waals surface area contributed by atoms with Crippen molar-refractivity contribution >= 4 is 11.8 Å². The summed E-state index contributed by atoms with van der Waals surface area (Å²) >= 11 is 0. The number of carbonyl (C=O) groups excluding carboxylic acids is 2.